The average Bonchev–Trinajstić information content (AvgIpc) is 3.70. The third-order valence-corrected chi connectivity index (χ3v) is 9.91. The summed E-state index contributed by atoms with van der Waals surface area (Å²) in [6.07, 6.45) is 0.301. The summed E-state index contributed by atoms with van der Waals surface area (Å²) in [5.41, 5.74) is 0.162. The Balaban J connectivity index is 0.000000486. The second-order valence-corrected chi connectivity index (χ2v) is 15.5. The summed E-state index contributed by atoms with van der Waals surface area (Å²) < 4.78 is 76.1. The first kappa shape index (κ1) is 39.7. The van der Waals surface area contributed by atoms with Gasteiger partial charge in [0, 0.05) is 12.0 Å². The number of quaternary nitrogens is 1. The zero-order chi connectivity index (χ0) is 39.4. The Labute approximate surface area is 311 Å². The molecule has 1 aliphatic carbocycles. The molecule has 3 aromatic carbocycles. The van der Waals surface area contributed by atoms with E-state index in [9.17, 15) is 41.0 Å². The van der Waals surface area contributed by atoms with Gasteiger partial charge in [0.2, 0.25) is 0 Å². The van der Waals surface area contributed by atoms with Gasteiger partial charge in [-0.25, -0.2) is 27.3 Å². The van der Waals surface area contributed by atoms with Gasteiger partial charge >= 0.3 is 17.9 Å². The normalized spacial score (nSPS) is 16.2. The van der Waals surface area contributed by atoms with E-state index in [1.165, 1.54) is 47.3 Å². The van der Waals surface area contributed by atoms with Crippen LogP contribution in [0.5, 0.6) is 0 Å². The Morgan fingerprint density at radius 1 is 0.963 bits per heavy atom. The number of halogens is 3. The van der Waals surface area contributed by atoms with Crippen molar-refractivity contribution in [1.82, 2.24) is 24.2 Å². The van der Waals surface area contributed by atoms with Crippen molar-refractivity contribution in [3.05, 3.63) is 118 Å². The van der Waals surface area contributed by atoms with Crippen LogP contribution in [0.15, 0.2) is 101 Å². The maximum Gasteiger partial charge on any atom is 0.416 e. The van der Waals surface area contributed by atoms with Gasteiger partial charge in [-0.1, -0.05) is 24.3 Å². The number of hydrogen-bond donors (Lipinski definition) is 1. The minimum Gasteiger partial charge on any atom is -0.744 e. The van der Waals surface area contributed by atoms with Gasteiger partial charge in [0.25, 0.3) is 0 Å². The Bertz CT molecular complexity index is 2310. The monoisotopic (exact) mass is 763 g/mol. The number of carbonyl (C=O) groups is 1. The number of carbonyl (C=O) groups excluding carboxylic acids is 1. The predicted molar refractivity (Wildman–Crippen MR) is 194 cm³/mol. The van der Waals surface area contributed by atoms with Crippen molar-refractivity contribution in [1.29, 1.82) is 5.26 Å². The highest BCUT2D eigenvalue weighted by molar-refractivity contribution is 7.85. The molecule has 2 aromatic heterocycles. The Morgan fingerprint density at radius 3 is 2.17 bits per heavy atom. The molecule has 0 bridgehead atoms. The van der Waals surface area contributed by atoms with E-state index in [0.29, 0.717) is 22.9 Å². The van der Waals surface area contributed by atoms with E-state index in [1.807, 2.05) is 0 Å². The van der Waals surface area contributed by atoms with Crippen LogP contribution >= 0.6 is 0 Å². The summed E-state index contributed by atoms with van der Waals surface area (Å²) in [7, 11) is 2.21. The van der Waals surface area contributed by atoms with Crippen LogP contribution in [0.2, 0.25) is 0 Å². The molecule has 54 heavy (non-hydrogen) atoms. The number of alkyl halides is 3. The number of aromatic nitrogens is 4. The molecule has 0 aliphatic heterocycles. The summed E-state index contributed by atoms with van der Waals surface area (Å²) >= 11 is 0. The summed E-state index contributed by atoms with van der Waals surface area (Å²) in [5.74, 6) is 0.535. The number of hydrogen-bond acceptors (Lipinski definition) is 7. The summed E-state index contributed by atoms with van der Waals surface area (Å²) in [6, 6.07) is 21.2. The lowest BCUT2D eigenvalue weighted by atomic mass is 9.85. The molecule has 5 aromatic rings. The lowest BCUT2D eigenvalue weighted by Crippen LogP contribution is -2.45. The quantitative estimate of drug-likeness (QED) is 0.155. The number of benzene rings is 3. The van der Waals surface area contributed by atoms with Gasteiger partial charge in [-0.15, -0.1) is 0 Å². The molecular formula is C38H40F3N7O5S. The fourth-order valence-electron chi connectivity index (χ4n) is 6.68. The van der Waals surface area contributed by atoms with E-state index in [0.717, 1.165) is 58.0 Å². The molecule has 1 amide bonds. The third-order valence-electron chi connectivity index (χ3n) is 9.06. The van der Waals surface area contributed by atoms with Crippen LogP contribution in [0.3, 0.4) is 0 Å². The minimum atomic E-state index is -4.62. The van der Waals surface area contributed by atoms with Crippen molar-refractivity contribution in [2.45, 2.75) is 49.7 Å². The maximum absolute atomic E-state index is 14.0. The van der Waals surface area contributed by atoms with Gasteiger partial charge in [-0.3, -0.25) is 4.57 Å². The van der Waals surface area contributed by atoms with Crippen LogP contribution in [0.1, 0.15) is 42.5 Å². The van der Waals surface area contributed by atoms with E-state index in [-0.39, 0.29) is 28.0 Å². The van der Waals surface area contributed by atoms with Crippen molar-refractivity contribution >= 4 is 16.1 Å². The summed E-state index contributed by atoms with van der Waals surface area (Å²) in [5, 5.41) is 16.6. The van der Waals surface area contributed by atoms with Gasteiger partial charge in [-0.05, 0) is 93.3 Å². The number of rotatable bonds is 7. The molecule has 0 saturated heterocycles. The zero-order valence-corrected chi connectivity index (χ0v) is 30.9. The van der Waals surface area contributed by atoms with E-state index in [2.05, 4.69) is 37.6 Å². The zero-order valence-electron chi connectivity index (χ0n) is 30.1. The van der Waals surface area contributed by atoms with E-state index in [1.54, 1.807) is 43.3 Å². The number of nitrogens with one attached hydrogen (secondary N) is 1. The lowest BCUT2D eigenvalue weighted by molar-refractivity contribution is -0.874. The Hall–Kier alpha value is -5.50. The van der Waals surface area contributed by atoms with Gasteiger partial charge in [0.1, 0.15) is 15.8 Å². The highest BCUT2D eigenvalue weighted by atomic mass is 32.2. The molecule has 1 N–H and O–H groups in total. The molecule has 6 rings (SSSR count). The molecule has 0 radical (unpaired) electrons. The summed E-state index contributed by atoms with van der Waals surface area (Å²) in [6.45, 7) is 2.62. The van der Waals surface area contributed by atoms with Crippen molar-refractivity contribution in [3.8, 4) is 28.8 Å². The molecule has 12 nitrogen and oxygen atoms in total. The number of nitriles is 1. The fourth-order valence-corrected chi connectivity index (χ4v) is 7.17. The van der Waals surface area contributed by atoms with Crippen molar-refractivity contribution in [2.24, 2.45) is 5.92 Å². The molecular weight excluding hydrogens is 724 g/mol. The predicted octanol–water partition coefficient (Wildman–Crippen LogP) is 6.10. The molecule has 0 atom stereocenters. The number of amides is 1. The van der Waals surface area contributed by atoms with Crippen LogP contribution in [0.4, 0.5) is 18.0 Å². The molecule has 284 valence electrons. The summed E-state index contributed by atoms with van der Waals surface area (Å²) in [4.78, 5) is 27.7. The Morgan fingerprint density at radius 2 is 1.61 bits per heavy atom. The third kappa shape index (κ3) is 9.34. The van der Waals surface area contributed by atoms with Gasteiger partial charge < -0.3 is 14.4 Å². The van der Waals surface area contributed by atoms with Gasteiger partial charge in [0.15, 0.2) is 0 Å². The second-order valence-electron chi connectivity index (χ2n) is 14.1. The molecule has 2 heterocycles. The smallest absolute Gasteiger partial charge is 0.416 e. The van der Waals surface area contributed by atoms with Gasteiger partial charge in [-0.2, -0.15) is 23.5 Å². The lowest BCUT2D eigenvalue weighted by Gasteiger charge is -2.34. The molecule has 1 fully saturated rings. The first-order valence-corrected chi connectivity index (χ1v) is 18.5. The van der Waals surface area contributed by atoms with Crippen molar-refractivity contribution in [3.63, 3.8) is 0 Å². The van der Waals surface area contributed by atoms with E-state index < -0.39 is 33.6 Å². The molecule has 1 saturated carbocycles. The van der Waals surface area contributed by atoms with Crippen LogP contribution in [-0.4, -0.2) is 76.1 Å². The minimum absolute atomic E-state index is 0.0135. The number of nitrogens with zero attached hydrogens (tertiary/aromatic N) is 6. The molecule has 0 spiro atoms. The van der Waals surface area contributed by atoms with Crippen molar-refractivity contribution in [2.75, 3.05) is 27.7 Å². The average molecular weight is 764 g/mol. The first-order valence-electron chi connectivity index (χ1n) is 17.1. The topological polar surface area (TPSA) is 155 Å². The largest absolute Gasteiger partial charge is 0.744 e. The fraction of sp³-hybridized carbons (Fsp3) is 0.316. The SMILES string of the molecule is Cc1c(-c2ccnn2-c2ccc(C#N)cc2)n(C(=O)N[C@H]2CC[C@@H](C[N+](C)(C)C)CC2)c(=O)n1-c1cccc(C(F)(F)F)c1.O=S(=O)([O-])c1ccccc1. The van der Waals surface area contributed by atoms with Crippen molar-refractivity contribution < 1.29 is 35.4 Å². The van der Waals surface area contributed by atoms with E-state index in [4.69, 9.17) is 0 Å². The maximum atomic E-state index is 14.0. The number of imidazole rings is 1. The highest BCUT2D eigenvalue weighted by Gasteiger charge is 2.33. The van der Waals surface area contributed by atoms with Gasteiger partial charge in [0.05, 0.1) is 78.7 Å². The van der Waals surface area contributed by atoms with E-state index >= 15 is 0 Å². The van der Waals surface area contributed by atoms with Crippen LogP contribution in [-0.2, 0) is 16.3 Å². The Kier molecular flexibility index (Phi) is 11.7. The van der Waals surface area contributed by atoms with Crippen LogP contribution < -0.4 is 11.0 Å². The van der Waals surface area contributed by atoms with Crippen LogP contribution in [0, 0.1) is 24.2 Å². The molecule has 1 aliphatic rings. The molecule has 16 heteroatoms. The standard InChI is InChI=1S/C32H34F3N7O2.C6H6O3S/c1-21-29(28-16-17-37-41(28)26-14-10-22(19-36)11-15-26)40(30(43)38-25-12-8-23(9-13-25)20-42(2,3)4)31(44)39(21)27-7-5-6-24(18-27)32(33,34)35;7-10(8,9)6-4-2-1-3-5-6/h5-7,10-11,14-18,23,25H,8-9,12-13,20H2,1-4H3;1-5H,(H,7,8,9)/t23-,25+;. The second kappa shape index (κ2) is 15.8. The molecule has 0 unspecified atom stereocenters. The first-order chi connectivity index (χ1) is 25.4. The van der Waals surface area contributed by atoms with Crippen LogP contribution in [0.25, 0.3) is 22.8 Å². The highest BCUT2D eigenvalue weighted by Crippen LogP contribution is 2.32.